The number of halogens is 2. The summed E-state index contributed by atoms with van der Waals surface area (Å²) in [6.07, 6.45) is -2.19. The number of rotatable bonds is 3. The molecule has 0 bridgehead atoms. The predicted octanol–water partition coefficient (Wildman–Crippen LogP) is 1.77. The van der Waals surface area contributed by atoms with Crippen molar-refractivity contribution in [2.75, 3.05) is 4.90 Å². The smallest absolute Gasteiger partial charge is 0.315 e. The summed E-state index contributed by atoms with van der Waals surface area (Å²) >= 11 is 0. The fourth-order valence-corrected chi connectivity index (χ4v) is 1.49. The molecule has 0 aliphatic carbocycles. The summed E-state index contributed by atoms with van der Waals surface area (Å²) < 4.78 is 25.6. The molecule has 1 aromatic heterocycles. The van der Waals surface area contributed by atoms with Crippen LogP contribution in [0.25, 0.3) is 0 Å². The molecule has 0 aromatic carbocycles. The molecular weight excluding hydrogens is 202 g/mol. The molecule has 4 nitrogen and oxygen atoms in total. The Kier molecular flexibility index (Phi) is 3.49. The molecule has 0 N–H and O–H groups in total. The standard InChI is InChI=1S/C9H14F2N4/c1-5(2)15(6(3)4)9-13-7(10)12-8(11)14-9/h5-6H,1-4H3. The number of hydrogen-bond donors (Lipinski definition) is 0. The zero-order valence-corrected chi connectivity index (χ0v) is 9.20. The van der Waals surface area contributed by atoms with E-state index in [1.54, 1.807) is 4.90 Å². The van der Waals surface area contributed by atoms with Crippen LogP contribution in [0.4, 0.5) is 14.7 Å². The van der Waals surface area contributed by atoms with Gasteiger partial charge >= 0.3 is 12.2 Å². The van der Waals surface area contributed by atoms with Crippen LogP contribution in [0.15, 0.2) is 0 Å². The summed E-state index contributed by atoms with van der Waals surface area (Å²) in [4.78, 5) is 11.5. The first kappa shape index (κ1) is 11.7. The molecule has 1 rings (SSSR count). The Labute approximate surface area is 87.4 Å². The molecule has 15 heavy (non-hydrogen) atoms. The first-order valence-electron chi connectivity index (χ1n) is 4.77. The molecule has 0 radical (unpaired) electrons. The third kappa shape index (κ3) is 2.81. The molecule has 0 saturated carbocycles. The summed E-state index contributed by atoms with van der Waals surface area (Å²) in [6, 6.07) is 0.123. The number of hydrogen-bond acceptors (Lipinski definition) is 4. The Morgan fingerprint density at radius 3 is 1.60 bits per heavy atom. The quantitative estimate of drug-likeness (QED) is 0.772. The zero-order chi connectivity index (χ0) is 11.6. The predicted molar refractivity (Wildman–Crippen MR) is 52.5 cm³/mol. The van der Waals surface area contributed by atoms with E-state index in [9.17, 15) is 8.78 Å². The van der Waals surface area contributed by atoms with Crippen LogP contribution >= 0.6 is 0 Å². The normalized spacial score (nSPS) is 11.2. The minimum Gasteiger partial charge on any atom is -0.336 e. The van der Waals surface area contributed by atoms with Gasteiger partial charge in [0.05, 0.1) is 0 Å². The second kappa shape index (κ2) is 4.46. The van der Waals surface area contributed by atoms with Gasteiger partial charge in [-0.25, -0.2) is 0 Å². The Balaban J connectivity index is 3.11. The second-order valence-electron chi connectivity index (χ2n) is 3.77. The molecule has 0 saturated heterocycles. The molecule has 0 aliphatic heterocycles. The van der Waals surface area contributed by atoms with Crippen LogP contribution in [-0.2, 0) is 0 Å². The number of anilines is 1. The fourth-order valence-electron chi connectivity index (χ4n) is 1.49. The van der Waals surface area contributed by atoms with Gasteiger partial charge in [0.2, 0.25) is 5.95 Å². The van der Waals surface area contributed by atoms with E-state index in [2.05, 4.69) is 15.0 Å². The van der Waals surface area contributed by atoms with Crippen LogP contribution in [-0.4, -0.2) is 27.0 Å². The summed E-state index contributed by atoms with van der Waals surface area (Å²) in [5.41, 5.74) is 0. The van der Waals surface area contributed by atoms with Gasteiger partial charge in [-0.3, -0.25) is 0 Å². The lowest BCUT2D eigenvalue weighted by molar-refractivity contribution is 0.446. The average molecular weight is 216 g/mol. The highest BCUT2D eigenvalue weighted by atomic mass is 19.1. The van der Waals surface area contributed by atoms with E-state index in [1.165, 1.54) is 0 Å². The Hall–Kier alpha value is -1.33. The lowest BCUT2D eigenvalue weighted by atomic mass is 10.2. The summed E-state index contributed by atoms with van der Waals surface area (Å²) in [5.74, 6) is 0.0324. The van der Waals surface area contributed by atoms with Crippen molar-refractivity contribution in [3.63, 3.8) is 0 Å². The zero-order valence-electron chi connectivity index (χ0n) is 9.20. The van der Waals surface area contributed by atoms with Crippen molar-refractivity contribution in [2.45, 2.75) is 39.8 Å². The molecule has 0 spiro atoms. The van der Waals surface area contributed by atoms with Crippen molar-refractivity contribution in [1.82, 2.24) is 15.0 Å². The van der Waals surface area contributed by atoms with Crippen LogP contribution in [0.5, 0.6) is 0 Å². The highest BCUT2D eigenvalue weighted by molar-refractivity contribution is 5.30. The van der Waals surface area contributed by atoms with Gasteiger partial charge in [0.1, 0.15) is 0 Å². The van der Waals surface area contributed by atoms with Crippen molar-refractivity contribution in [2.24, 2.45) is 0 Å². The average Bonchev–Trinajstić information content (AvgIpc) is 1.99. The minimum absolute atomic E-state index is 0.0324. The van der Waals surface area contributed by atoms with E-state index >= 15 is 0 Å². The first-order valence-corrected chi connectivity index (χ1v) is 4.77. The van der Waals surface area contributed by atoms with Gasteiger partial charge < -0.3 is 4.90 Å². The summed E-state index contributed by atoms with van der Waals surface area (Å²) in [6.45, 7) is 7.61. The van der Waals surface area contributed by atoms with Gasteiger partial charge in [-0.15, -0.1) is 0 Å². The van der Waals surface area contributed by atoms with Crippen LogP contribution < -0.4 is 4.90 Å². The molecule has 1 heterocycles. The number of nitrogens with zero attached hydrogens (tertiary/aromatic N) is 4. The Bertz CT molecular complexity index is 313. The molecule has 6 heteroatoms. The van der Waals surface area contributed by atoms with Gasteiger partial charge in [0.25, 0.3) is 0 Å². The molecule has 0 fully saturated rings. The summed E-state index contributed by atoms with van der Waals surface area (Å²) in [7, 11) is 0. The molecule has 0 atom stereocenters. The SMILES string of the molecule is CC(C)N(c1nc(F)nc(F)n1)C(C)C. The Morgan fingerprint density at radius 2 is 1.27 bits per heavy atom. The number of aromatic nitrogens is 3. The lowest BCUT2D eigenvalue weighted by Gasteiger charge is -2.30. The van der Waals surface area contributed by atoms with Crippen LogP contribution in [0, 0.1) is 12.2 Å². The van der Waals surface area contributed by atoms with Gasteiger partial charge in [-0.05, 0) is 27.7 Å². The minimum atomic E-state index is -1.09. The molecule has 0 amide bonds. The first-order chi connectivity index (χ1) is 6.91. The van der Waals surface area contributed by atoms with E-state index < -0.39 is 12.2 Å². The van der Waals surface area contributed by atoms with Crippen molar-refractivity contribution in [3.8, 4) is 0 Å². The topological polar surface area (TPSA) is 41.9 Å². The van der Waals surface area contributed by atoms with E-state index in [0.717, 1.165) is 0 Å². The highest BCUT2D eigenvalue weighted by Gasteiger charge is 2.19. The monoisotopic (exact) mass is 216 g/mol. The highest BCUT2D eigenvalue weighted by Crippen LogP contribution is 2.14. The molecule has 0 unspecified atom stereocenters. The summed E-state index contributed by atoms with van der Waals surface area (Å²) in [5, 5.41) is 0. The van der Waals surface area contributed by atoms with Gasteiger partial charge in [0.15, 0.2) is 0 Å². The molecule has 84 valence electrons. The van der Waals surface area contributed by atoms with Crippen LogP contribution in [0.3, 0.4) is 0 Å². The van der Waals surface area contributed by atoms with Crippen LogP contribution in [0.1, 0.15) is 27.7 Å². The van der Waals surface area contributed by atoms with E-state index in [-0.39, 0.29) is 18.0 Å². The lowest BCUT2D eigenvalue weighted by Crippen LogP contribution is -2.38. The molecule has 1 aromatic rings. The second-order valence-corrected chi connectivity index (χ2v) is 3.77. The van der Waals surface area contributed by atoms with Crippen LogP contribution in [0.2, 0.25) is 0 Å². The van der Waals surface area contributed by atoms with Gasteiger partial charge in [-0.2, -0.15) is 23.7 Å². The van der Waals surface area contributed by atoms with Crippen molar-refractivity contribution < 1.29 is 8.78 Å². The van der Waals surface area contributed by atoms with Crippen molar-refractivity contribution >= 4 is 5.95 Å². The third-order valence-corrected chi connectivity index (χ3v) is 1.91. The third-order valence-electron chi connectivity index (χ3n) is 1.91. The molecular formula is C9H14F2N4. The van der Waals surface area contributed by atoms with E-state index in [0.29, 0.717) is 0 Å². The maximum absolute atomic E-state index is 12.8. The van der Waals surface area contributed by atoms with Gasteiger partial charge in [-0.1, -0.05) is 0 Å². The largest absolute Gasteiger partial charge is 0.336 e. The van der Waals surface area contributed by atoms with Crippen molar-refractivity contribution in [1.29, 1.82) is 0 Å². The van der Waals surface area contributed by atoms with E-state index in [1.807, 2.05) is 27.7 Å². The maximum atomic E-state index is 12.8. The van der Waals surface area contributed by atoms with Crippen molar-refractivity contribution in [3.05, 3.63) is 12.2 Å². The van der Waals surface area contributed by atoms with Gasteiger partial charge in [0, 0.05) is 12.1 Å². The van der Waals surface area contributed by atoms with E-state index in [4.69, 9.17) is 0 Å². The maximum Gasteiger partial charge on any atom is 0.315 e. The molecule has 0 aliphatic rings. The fraction of sp³-hybridized carbons (Fsp3) is 0.667. The Morgan fingerprint density at radius 1 is 0.867 bits per heavy atom.